The van der Waals surface area contributed by atoms with Gasteiger partial charge in [-0.05, 0) is 101 Å². The lowest BCUT2D eigenvalue weighted by Crippen LogP contribution is -2.63. The summed E-state index contributed by atoms with van der Waals surface area (Å²) >= 11 is 0. The molecule has 0 aliphatic carbocycles. The van der Waals surface area contributed by atoms with E-state index in [2.05, 4.69) is 21.3 Å². The molecule has 1 aliphatic heterocycles. The van der Waals surface area contributed by atoms with Crippen molar-refractivity contribution in [2.45, 2.75) is 222 Å². The van der Waals surface area contributed by atoms with Gasteiger partial charge in [0.05, 0.1) is 12.6 Å². The lowest BCUT2D eigenvalue weighted by atomic mass is 9.91. The van der Waals surface area contributed by atoms with E-state index in [4.69, 9.17) is 0 Å². The molecule has 23 heteroatoms. The van der Waals surface area contributed by atoms with E-state index >= 15 is 9.59 Å². The van der Waals surface area contributed by atoms with Crippen molar-refractivity contribution in [2.24, 2.45) is 35.5 Å². The number of aliphatic hydroxyl groups is 1. The van der Waals surface area contributed by atoms with Gasteiger partial charge in [-0.3, -0.25) is 52.7 Å². The molecule has 1 unspecified atom stereocenters. The molecule has 1 heterocycles. The van der Waals surface area contributed by atoms with E-state index in [1.165, 1.54) is 87.7 Å². The standard InChI is InChI=1S/C61H109N11O12/c1-24-27-28-39(14)51(74)50-55(78)65-42(25-2)57(80)66(17)33-48(73)67(18)44(29-34(4)5)54(77)64-43(26-3)58(81)68(19)45(30-35(6)7)53(76)62-40(15)52(75)63-41(16)56(79)69(20)46(31-36(8)9)59(82)70(21)47(32-37(10)11)60(83)71(22)49(38(12)13)61(84)72(50)23/h24,27,34-47,49-51,74H,25-26,28-33H2,1-23H3,(H,62,76)(H,63,75)(H,64,77)(H,65,78)/b27-24+/t39-,40+,41-,42+,43-,44-,45+,46-,47+,49+,50+,51?/m1/s1. The van der Waals surface area contributed by atoms with E-state index in [-0.39, 0.29) is 62.2 Å². The maximum atomic E-state index is 15.1. The van der Waals surface area contributed by atoms with Gasteiger partial charge in [0.25, 0.3) is 0 Å². The van der Waals surface area contributed by atoms with E-state index < -0.39 is 150 Å². The summed E-state index contributed by atoms with van der Waals surface area (Å²) in [7, 11) is 9.90. The summed E-state index contributed by atoms with van der Waals surface area (Å²) in [5, 5.41) is 23.0. The van der Waals surface area contributed by atoms with E-state index in [1.54, 1.807) is 53.7 Å². The van der Waals surface area contributed by atoms with Crippen molar-refractivity contribution in [3.05, 3.63) is 12.2 Å². The zero-order valence-corrected chi connectivity index (χ0v) is 55.2. The highest BCUT2D eigenvalue weighted by atomic mass is 16.3. The summed E-state index contributed by atoms with van der Waals surface area (Å²) in [5.74, 6) is -9.15. The first-order valence-electron chi connectivity index (χ1n) is 30.2. The molecule has 0 aromatic rings. The second-order valence-electron chi connectivity index (χ2n) is 25.3. The topological polar surface area (TPSA) is 279 Å². The number of rotatable bonds is 15. The van der Waals surface area contributed by atoms with Crippen LogP contribution in [0, 0.1) is 35.5 Å². The van der Waals surface area contributed by atoms with Crippen molar-refractivity contribution in [2.75, 3.05) is 55.9 Å². The molecule has 1 rings (SSSR count). The molecule has 23 nitrogen and oxygen atoms in total. The fourth-order valence-corrected chi connectivity index (χ4v) is 10.6. The van der Waals surface area contributed by atoms with Crippen LogP contribution in [0.4, 0.5) is 0 Å². The summed E-state index contributed by atoms with van der Waals surface area (Å²) < 4.78 is 0. The maximum Gasteiger partial charge on any atom is 0.246 e. The average Bonchev–Trinajstić information content (AvgIpc) is 3.55. The molecule has 0 bridgehead atoms. The van der Waals surface area contributed by atoms with Crippen LogP contribution in [0.5, 0.6) is 0 Å². The quantitative estimate of drug-likeness (QED) is 0.148. The van der Waals surface area contributed by atoms with Crippen LogP contribution in [0.3, 0.4) is 0 Å². The van der Waals surface area contributed by atoms with Crippen LogP contribution in [-0.4, -0.2) is 227 Å². The minimum Gasteiger partial charge on any atom is -0.390 e. The molecule has 0 aromatic carbocycles. The molecular formula is C61H109N11O12. The lowest BCUT2D eigenvalue weighted by molar-refractivity contribution is -0.157. The monoisotopic (exact) mass is 1190 g/mol. The number of amides is 11. The fourth-order valence-electron chi connectivity index (χ4n) is 10.6. The van der Waals surface area contributed by atoms with Gasteiger partial charge in [0, 0.05) is 49.3 Å². The van der Waals surface area contributed by atoms with Gasteiger partial charge in [-0.1, -0.05) is 102 Å². The largest absolute Gasteiger partial charge is 0.390 e. The number of nitrogens with zero attached hydrogens (tertiary/aromatic N) is 7. The number of nitrogens with one attached hydrogen (secondary N) is 4. The fraction of sp³-hybridized carbons (Fsp3) is 0.787. The first kappa shape index (κ1) is 75.9. The number of allylic oxidation sites excluding steroid dienone is 2. The minimum absolute atomic E-state index is 0.0247. The van der Waals surface area contributed by atoms with Crippen molar-refractivity contribution in [3.8, 4) is 0 Å². The number of hydrogen-bond donors (Lipinski definition) is 5. The smallest absolute Gasteiger partial charge is 0.246 e. The first-order valence-corrected chi connectivity index (χ1v) is 30.2. The predicted molar refractivity (Wildman–Crippen MR) is 324 cm³/mol. The second kappa shape index (κ2) is 34.7. The van der Waals surface area contributed by atoms with Gasteiger partial charge in [0.1, 0.15) is 60.4 Å². The Morgan fingerprint density at radius 1 is 0.452 bits per heavy atom. The maximum absolute atomic E-state index is 15.1. The Bertz CT molecular complexity index is 2290. The molecule has 0 radical (unpaired) electrons. The normalized spacial score (nSPS) is 27.0. The van der Waals surface area contributed by atoms with Crippen LogP contribution in [0.15, 0.2) is 12.2 Å². The number of likely N-dealkylation sites (N-methyl/N-ethyl adjacent to an activating group) is 7. The van der Waals surface area contributed by atoms with Crippen molar-refractivity contribution >= 4 is 65.0 Å². The average molecular weight is 1190 g/mol. The van der Waals surface area contributed by atoms with Crippen LogP contribution in [0.1, 0.15) is 156 Å². The summed E-state index contributed by atoms with van der Waals surface area (Å²) in [6.07, 6.45) is 3.16. The number of hydrogen-bond acceptors (Lipinski definition) is 12. The summed E-state index contributed by atoms with van der Waals surface area (Å²) in [5.41, 5.74) is 0. The molecule has 480 valence electrons. The molecule has 0 saturated carbocycles. The van der Waals surface area contributed by atoms with Gasteiger partial charge in [-0.2, -0.15) is 0 Å². The Morgan fingerprint density at radius 2 is 0.833 bits per heavy atom. The molecular weight excluding hydrogens is 1080 g/mol. The summed E-state index contributed by atoms with van der Waals surface area (Å²) in [6, 6.07) is -12.3. The molecule has 5 N–H and O–H groups in total. The van der Waals surface area contributed by atoms with E-state index in [0.717, 1.165) is 9.80 Å². The highest BCUT2D eigenvalue weighted by Gasteiger charge is 2.45. The van der Waals surface area contributed by atoms with E-state index in [9.17, 15) is 48.3 Å². The Hall–Kier alpha value is -6.13. The number of carbonyl (C=O) groups is 11. The van der Waals surface area contributed by atoms with Crippen LogP contribution >= 0.6 is 0 Å². The zero-order valence-electron chi connectivity index (χ0n) is 55.2. The molecule has 1 aliphatic rings. The number of carbonyl (C=O) groups excluding carboxylic acids is 11. The van der Waals surface area contributed by atoms with Gasteiger partial charge in [0.2, 0.25) is 65.0 Å². The van der Waals surface area contributed by atoms with Crippen LogP contribution in [-0.2, 0) is 52.7 Å². The SMILES string of the molecule is C/C=C/C[C@@H](C)C(O)[C@H]1C(=O)N[C@@H](CC)C(=O)N(C)CC(=O)N(C)[C@H](CC(C)C)C(=O)N[C@H](CC)C(=O)N(C)[C@@H](CC(C)C)C(=O)N[C@@H](C)C(=O)N[C@H](C)C(=O)N(C)[C@H](CC(C)C)C(=O)N(C)[C@@H](CC(C)C)C(=O)N(C)[C@@H](C(C)C)C(=O)N1C. The molecule has 0 spiro atoms. The highest BCUT2D eigenvalue weighted by molar-refractivity contribution is 5.99. The van der Waals surface area contributed by atoms with E-state index in [1.807, 2.05) is 55.4 Å². The van der Waals surface area contributed by atoms with Gasteiger partial charge in [-0.25, -0.2) is 0 Å². The lowest BCUT2D eigenvalue weighted by Gasteiger charge is -2.41. The molecule has 84 heavy (non-hydrogen) atoms. The summed E-state index contributed by atoms with van der Waals surface area (Å²) in [6.45, 7) is 27.5. The Morgan fingerprint density at radius 3 is 1.29 bits per heavy atom. The van der Waals surface area contributed by atoms with Gasteiger partial charge < -0.3 is 60.7 Å². The number of aliphatic hydroxyl groups excluding tert-OH is 1. The minimum atomic E-state index is -1.61. The molecule has 1 fully saturated rings. The van der Waals surface area contributed by atoms with Gasteiger partial charge >= 0.3 is 0 Å². The third-order valence-electron chi connectivity index (χ3n) is 15.9. The predicted octanol–water partition coefficient (Wildman–Crippen LogP) is 3.02. The Balaban J connectivity index is 4.29. The first-order chi connectivity index (χ1) is 38.8. The van der Waals surface area contributed by atoms with Gasteiger partial charge in [0.15, 0.2) is 0 Å². The Kier molecular flexibility index (Phi) is 31.4. The van der Waals surface area contributed by atoms with Crippen LogP contribution in [0.2, 0.25) is 0 Å². The van der Waals surface area contributed by atoms with Crippen LogP contribution in [0.25, 0.3) is 0 Å². The zero-order chi connectivity index (χ0) is 65.1. The van der Waals surface area contributed by atoms with Crippen molar-refractivity contribution in [1.29, 1.82) is 0 Å². The molecule has 1 saturated heterocycles. The molecule has 0 aromatic heterocycles. The van der Waals surface area contributed by atoms with Crippen molar-refractivity contribution in [3.63, 3.8) is 0 Å². The van der Waals surface area contributed by atoms with Gasteiger partial charge in [-0.15, -0.1) is 0 Å². The van der Waals surface area contributed by atoms with Crippen molar-refractivity contribution < 1.29 is 57.8 Å². The molecule has 12 atom stereocenters. The highest BCUT2D eigenvalue weighted by Crippen LogP contribution is 2.25. The summed E-state index contributed by atoms with van der Waals surface area (Å²) in [4.78, 5) is 168. The third kappa shape index (κ3) is 21.1. The third-order valence-corrected chi connectivity index (χ3v) is 15.9. The molecule has 11 amide bonds. The Labute approximate surface area is 502 Å². The van der Waals surface area contributed by atoms with E-state index in [0.29, 0.717) is 6.42 Å². The van der Waals surface area contributed by atoms with Crippen LogP contribution < -0.4 is 21.3 Å². The van der Waals surface area contributed by atoms with Crippen molar-refractivity contribution in [1.82, 2.24) is 55.6 Å². The second-order valence-corrected chi connectivity index (χ2v) is 25.3.